The van der Waals surface area contributed by atoms with Gasteiger partial charge in [0.1, 0.15) is 0 Å². The van der Waals surface area contributed by atoms with E-state index in [1.54, 1.807) is 7.11 Å². The average Bonchev–Trinajstić information content (AvgIpc) is 2.74. The third-order valence-corrected chi connectivity index (χ3v) is 6.29. The predicted octanol–water partition coefficient (Wildman–Crippen LogP) is 6.01. The maximum Gasteiger partial charge on any atom is 0.222 e. The summed E-state index contributed by atoms with van der Waals surface area (Å²) in [7, 11) is 5.80. The van der Waals surface area contributed by atoms with E-state index in [1.165, 1.54) is 25.7 Å². The molecular weight excluding hydrogens is 388 g/mol. The van der Waals surface area contributed by atoms with E-state index in [0.717, 1.165) is 38.6 Å². The SMILES string of the molecule is CC.CC.CC.CC.COCCCCC(=O)N1CC2(CC(N(C)C3CC(OC)C3)C2)C1. The van der Waals surface area contributed by atoms with Crippen molar-refractivity contribution in [2.75, 3.05) is 41.0 Å². The molecule has 5 nitrogen and oxygen atoms in total. The minimum Gasteiger partial charge on any atom is -0.385 e. The molecule has 0 aromatic carbocycles. The molecule has 1 aliphatic heterocycles. The van der Waals surface area contributed by atoms with Crippen molar-refractivity contribution in [2.45, 2.75) is 119 Å². The molecule has 1 saturated heterocycles. The molecule has 0 N–H and O–H groups in total. The van der Waals surface area contributed by atoms with Crippen molar-refractivity contribution < 1.29 is 14.3 Å². The normalized spacial score (nSPS) is 22.5. The van der Waals surface area contributed by atoms with Gasteiger partial charge >= 0.3 is 0 Å². The fourth-order valence-corrected chi connectivity index (χ4v) is 4.47. The molecule has 5 heteroatoms. The number of unbranched alkanes of at least 4 members (excludes halogenated alkanes) is 1. The molecule has 188 valence electrons. The number of hydrogen-bond donors (Lipinski definition) is 0. The monoisotopic (exact) mass is 444 g/mol. The summed E-state index contributed by atoms with van der Waals surface area (Å²) in [6, 6.07) is 1.43. The molecule has 1 spiro atoms. The van der Waals surface area contributed by atoms with Crippen LogP contribution in [0.25, 0.3) is 0 Å². The number of carbonyl (C=O) groups excluding carboxylic acids is 1. The van der Waals surface area contributed by atoms with E-state index in [1.807, 2.05) is 62.5 Å². The van der Waals surface area contributed by atoms with Crippen LogP contribution in [0.3, 0.4) is 0 Å². The summed E-state index contributed by atoms with van der Waals surface area (Å²) < 4.78 is 10.4. The average molecular weight is 445 g/mol. The Morgan fingerprint density at radius 1 is 0.903 bits per heavy atom. The summed E-state index contributed by atoms with van der Waals surface area (Å²) in [6.07, 6.45) is 8.00. The highest BCUT2D eigenvalue weighted by Gasteiger charge is 2.55. The second-order valence-electron chi connectivity index (χ2n) is 7.91. The Morgan fingerprint density at radius 3 is 1.87 bits per heavy atom. The molecular formula is C26H56N2O3. The van der Waals surface area contributed by atoms with Crippen molar-refractivity contribution in [3.05, 3.63) is 0 Å². The highest BCUT2D eigenvalue weighted by Crippen LogP contribution is 2.51. The lowest BCUT2D eigenvalue weighted by Crippen LogP contribution is -2.68. The van der Waals surface area contributed by atoms with Gasteiger partial charge in [-0.05, 0) is 45.6 Å². The molecule has 0 unspecified atom stereocenters. The van der Waals surface area contributed by atoms with Gasteiger partial charge in [0.15, 0.2) is 0 Å². The van der Waals surface area contributed by atoms with E-state index in [0.29, 0.717) is 29.9 Å². The van der Waals surface area contributed by atoms with Crippen molar-refractivity contribution >= 4 is 5.91 Å². The molecule has 0 radical (unpaired) electrons. The lowest BCUT2D eigenvalue weighted by atomic mass is 9.59. The molecule has 0 atom stereocenters. The molecule has 3 aliphatic rings. The summed E-state index contributed by atoms with van der Waals surface area (Å²) in [5.41, 5.74) is 0.450. The maximum atomic E-state index is 12.1. The van der Waals surface area contributed by atoms with Crippen LogP contribution in [0.1, 0.15) is 100 Å². The van der Waals surface area contributed by atoms with Gasteiger partial charge in [0.25, 0.3) is 0 Å². The van der Waals surface area contributed by atoms with Gasteiger partial charge in [-0.25, -0.2) is 0 Å². The lowest BCUT2D eigenvalue weighted by Gasteiger charge is -2.62. The molecule has 3 rings (SSSR count). The summed E-state index contributed by atoms with van der Waals surface area (Å²) in [5.74, 6) is 0.338. The standard InChI is InChI=1S/C18H32N2O3.4C2H6/c1-19(14-8-16(9-14)23-3)15-10-18(11-15)12-20(13-18)17(21)6-4-5-7-22-2;4*1-2/h14-16H,4-13H2,1-3H3;4*1-2H3. The van der Waals surface area contributed by atoms with Gasteiger partial charge in [-0.2, -0.15) is 0 Å². The minimum atomic E-state index is 0.338. The van der Waals surface area contributed by atoms with Crippen molar-refractivity contribution in [1.29, 1.82) is 0 Å². The van der Waals surface area contributed by atoms with Crippen LogP contribution in [0.2, 0.25) is 0 Å². The van der Waals surface area contributed by atoms with Gasteiger partial charge < -0.3 is 19.3 Å². The summed E-state index contributed by atoms with van der Waals surface area (Å²) in [6.45, 7) is 18.7. The number of methoxy groups -OCH3 is 2. The Labute approximate surface area is 195 Å². The van der Waals surface area contributed by atoms with Crippen molar-refractivity contribution in [3.63, 3.8) is 0 Å². The minimum absolute atomic E-state index is 0.338. The highest BCUT2D eigenvalue weighted by molar-refractivity contribution is 5.77. The Kier molecular flexibility index (Phi) is 19.8. The smallest absolute Gasteiger partial charge is 0.222 e. The fraction of sp³-hybridized carbons (Fsp3) is 0.962. The summed E-state index contributed by atoms with van der Waals surface area (Å²) in [5, 5.41) is 0. The Hall–Kier alpha value is -0.650. The van der Waals surface area contributed by atoms with Crippen molar-refractivity contribution in [2.24, 2.45) is 5.41 Å². The van der Waals surface area contributed by atoms with Gasteiger partial charge in [0, 0.05) is 57.8 Å². The van der Waals surface area contributed by atoms with E-state index in [-0.39, 0.29) is 0 Å². The van der Waals surface area contributed by atoms with Gasteiger partial charge in [0.2, 0.25) is 5.91 Å². The molecule has 3 fully saturated rings. The molecule has 0 aromatic heterocycles. The lowest BCUT2D eigenvalue weighted by molar-refractivity contribution is -0.161. The third kappa shape index (κ3) is 9.79. The van der Waals surface area contributed by atoms with Gasteiger partial charge in [-0.15, -0.1) is 0 Å². The quantitative estimate of drug-likeness (QED) is 0.430. The molecule has 31 heavy (non-hydrogen) atoms. The fourth-order valence-electron chi connectivity index (χ4n) is 4.47. The molecule has 0 aromatic rings. The molecule has 1 amide bonds. The first-order valence-corrected chi connectivity index (χ1v) is 13.1. The summed E-state index contributed by atoms with van der Waals surface area (Å²) >= 11 is 0. The molecule has 2 aliphatic carbocycles. The van der Waals surface area contributed by atoms with E-state index >= 15 is 0 Å². The maximum absolute atomic E-state index is 12.1. The second kappa shape index (κ2) is 18.9. The molecule has 1 heterocycles. The number of rotatable bonds is 8. The topological polar surface area (TPSA) is 42.0 Å². The van der Waals surface area contributed by atoms with E-state index < -0.39 is 0 Å². The van der Waals surface area contributed by atoms with Gasteiger partial charge in [0.05, 0.1) is 6.10 Å². The first-order chi connectivity index (χ1) is 15.1. The van der Waals surface area contributed by atoms with Gasteiger partial charge in [-0.3, -0.25) is 4.79 Å². The van der Waals surface area contributed by atoms with Gasteiger partial charge in [-0.1, -0.05) is 55.4 Å². The second-order valence-corrected chi connectivity index (χ2v) is 7.91. The zero-order chi connectivity index (χ0) is 24.4. The van der Waals surface area contributed by atoms with Crippen LogP contribution in [0.15, 0.2) is 0 Å². The van der Waals surface area contributed by atoms with Crippen LogP contribution in [0.5, 0.6) is 0 Å². The van der Waals surface area contributed by atoms with Crippen LogP contribution < -0.4 is 0 Å². The molecule has 2 saturated carbocycles. The number of ether oxygens (including phenoxy) is 2. The summed E-state index contributed by atoms with van der Waals surface area (Å²) in [4.78, 5) is 16.8. The van der Waals surface area contributed by atoms with Crippen LogP contribution in [0, 0.1) is 5.41 Å². The zero-order valence-corrected chi connectivity index (χ0v) is 22.9. The largest absolute Gasteiger partial charge is 0.385 e. The van der Waals surface area contributed by atoms with Crippen LogP contribution in [0.4, 0.5) is 0 Å². The Balaban J connectivity index is 0. The van der Waals surface area contributed by atoms with Crippen molar-refractivity contribution in [3.8, 4) is 0 Å². The number of amides is 1. The number of nitrogens with zero attached hydrogens (tertiary/aromatic N) is 2. The van der Waals surface area contributed by atoms with Crippen molar-refractivity contribution in [1.82, 2.24) is 9.80 Å². The molecule has 0 bridgehead atoms. The first-order valence-electron chi connectivity index (χ1n) is 13.1. The Morgan fingerprint density at radius 2 is 1.42 bits per heavy atom. The first kappa shape index (κ1) is 32.5. The van der Waals surface area contributed by atoms with E-state index in [4.69, 9.17) is 9.47 Å². The zero-order valence-electron chi connectivity index (χ0n) is 22.9. The highest BCUT2D eigenvalue weighted by atomic mass is 16.5. The predicted molar refractivity (Wildman–Crippen MR) is 135 cm³/mol. The Bertz CT molecular complexity index is 411. The number of hydrogen-bond acceptors (Lipinski definition) is 4. The van der Waals surface area contributed by atoms with E-state index in [9.17, 15) is 4.79 Å². The third-order valence-electron chi connectivity index (χ3n) is 6.29. The van der Waals surface area contributed by atoms with Crippen LogP contribution in [-0.2, 0) is 14.3 Å². The number of likely N-dealkylation sites (tertiary alicyclic amines) is 1. The number of carbonyl (C=O) groups is 1. The van der Waals surface area contributed by atoms with Crippen LogP contribution in [-0.4, -0.2) is 74.9 Å². The van der Waals surface area contributed by atoms with Crippen LogP contribution >= 0.6 is 0 Å². The van der Waals surface area contributed by atoms with E-state index in [2.05, 4.69) is 16.8 Å².